The van der Waals surface area contributed by atoms with Crippen LogP contribution in [-0.4, -0.2) is 34.4 Å². The Bertz CT molecular complexity index is 1020. The first-order chi connectivity index (χ1) is 14.4. The van der Waals surface area contributed by atoms with E-state index in [1.165, 1.54) is 0 Å². The molecule has 0 saturated carbocycles. The van der Waals surface area contributed by atoms with Crippen LogP contribution in [0.25, 0.3) is 0 Å². The number of dihydropyridines is 1. The van der Waals surface area contributed by atoms with E-state index in [4.69, 9.17) is 16.3 Å². The Kier molecular flexibility index (Phi) is 7.18. The summed E-state index contributed by atoms with van der Waals surface area (Å²) >= 11 is 7.91. The van der Waals surface area contributed by atoms with Crippen molar-refractivity contribution in [2.24, 2.45) is 0 Å². The van der Waals surface area contributed by atoms with E-state index in [9.17, 15) is 14.7 Å². The molecule has 8 heteroatoms. The highest BCUT2D eigenvalue weighted by atomic mass is 35.5. The third kappa shape index (κ3) is 4.86. The fourth-order valence-corrected chi connectivity index (χ4v) is 4.34. The van der Waals surface area contributed by atoms with Crippen LogP contribution in [0, 0.1) is 0 Å². The van der Waals surface area contributed by atoms with Crippen molar-refractivity contribution in [3.8, 4) is 0 Å². The first kappa shape index (κ1) is 21.9. The Morgan fingerprint density at radius 1 is 1.13 bits per heavy atom. The Morgan fingerprint density at radius 2 is 1.80 bits per heavy atom. The van der Waals surface area contributed by atoms with Crippen LogP contribution in [0.1, 0.15) is 25.3 Å². The van der Waals surface area contributed by atoms with Gasteiger partial charge in [-0.2, -0.15) is 0 Å². The number of nitrogens with one attached hydrogen (secondary N) is 1. The largest absolute Gasteiger partial charge is 0.478 e. The lowest BCUT2D eigenvalue weighted by molar-refractivity contribution is -0.138. The van der Waals surface area contributed by atoms with E-state index < -0.39 is 17.9 Å². The lowest BCUT2D eigenvalue weighted by Gasteiger charge is -2.30. The molecule has 30 heavy (non-hydrogen) atoms. The minimum Gasteiger partial charge on any atom is -0.478 e. The number of rotatable bonds is 7. The van der Waals surface area contributed by atoms with Crippen LogP contribution >= 0.6 is 23.4 Å². The molecule has 1 aliphatic heterocycles. The van der Waals surface area contributed by atoms with Gasteiger partial charge in [-0.25, -0.2) is 9.59 Å². The number of nitrogens with zero attached hydrogens (tertiary/aromatic N) is 1. The molecule has 2 N–H and O–H groups in total. The topological polar surface area (TPSA) is 88.5 Å². The minimum absolute atomic E-state index is 0.0758. The van der Waals surface area contributed by atoms with E-state index in [-0.39, 0.29) is 17.8 Å². The van der Waals surface area contributed by atoms with Crippen molar-refractivity contribution in [1.29, 1.82) is 0 Å². The van der Waals surface area contributed by atoms with Gasteiger partial charge in [-0.1, -0.05) is 29.8 Å². The number of hydrogen-bond acceptors (Lipinski definition) is 6. The molecule has 1 aliphatic rings. The smallest absolute Gasteiger partial charge is 0.336 e. The van der Waals surface area contributed by atoms with E-state index in [0.717, 1.165) is 4.90 Å². The normalized spacial score (nSPS) is 16.3. The first-order valence-corrected chi connectivity index (χ1v) is 10.6. The Balaban J connectivity index is 1.83. The molecule has 156 valence electrons. The summed E-state index contributed by atoms with van der Waals surface area (Å²) < 4.78 is 5.50. The first-order valence-electron chi connectivity index (χ1n) is 9.26. The zero-order chi connectivity index (χ0) is 21.7. The van der Waals surface area contributed by atoms with Crippen LogP contribution in [-0.2, 0) is 14.3 Å². The summed E-state index contributed by atoms with van der Waals surface area (Å²) in [5.74, 6) is -1.94. The average molecular weight is 445 g/mol. The molecule has 0 bridgehead atoms. The third-order valence-corrected chi connectivity index (χ3v) is 5.98. The highest BCUT2D eigenvalue weighted by Crippen LogP contribution is 2.41. The fourth-order valence-electron chi connectivity index (χ4n) is 3.37. The van der Waals surface area contributed by atoms with Gasteiger partial charge in [0.1, 0.15) is 6.61 Å². The van der Waals surface area contributed by atoms with Gasteiger partial charge in [-0.3, -0.25) is 4.98 Å². The summed E-state index contributed by atoms with van der Waals surface area (Å²) in [6, 6.07) is 10.7. The van der Waals surface area contributed by atoms with E-state index in [1.807, 2.05) is 12.1 Å². The zero-order valence-electron chi connectivity index (χ0n) is 16.5. The standard InChI is InChI=1S/C22H21ClN2O4S/c1-13-18(21(26)27)20(16-5-3-4-6-17(16)23)19(14(2)25-13)22(28)29-11-12-30-15-7-9-24-10-8-15/h3-10,20,25H,11-12H2,1-2H3,(H,26,27). The van der Waals surface area contributed by atoms with E-state index in [2.05, 4.69) is 10.3 Å². The van der Waals surface area contributed by atoms with Gasteiger partial charge in [0.25, 0.3) is 0 Å². The quantitative estimate of drug-likeness (QED) is 0.372. The second kappa shape index (κ2) is 9.82. The van der Waals surface area contributed by atoms with Crippen molar-refractivity contribution in [1.82, 2.24) is 10.3 Å². The van der Waals surface area contributed by atoms with Gasteiger partial charge in [0.2, 0.25) is 0 Å². The molecule has 1 aromatic heterocycles. The molecule has 3 rings (SSSR count). The number of ether oxygens (including phenoxy) is 1. The number of hydrogen-bond donors (Lipinski definition) is 2. The molecule has 1 atom stereocenters. The van der Waals surface area contributed by atoms with Crippen molar-refractivity contribution >= 4 is 35.3 Å². The third-order valence-electron chi connectivity index (χ3n) is 4.66. The molecular weight excluding hydrogens is 424 g/mol. The Hall–Kier alpha value is -2.77. The van der Waals surface area contributed by atoms with Gasteiger partial charge in [0.05, 0.1) is 17.1 Å². The average Bonchev–Trinajstić information content (AvgIpc) is 2.71. The van der Waals surface area contributed by atoms with Crippen molar-refractivity contribution in [2.75, 3.05) is 12.4 Å². The number of carbonyl (C=O) groups is 2. The summed E-state index contributed by atoms with van der Waals surface area (Å²) in [6.07, 6.45) is 3.40. The summed E-state index contributed by atoms with van der Waals surface area (Å²) in [4.78, 5) is 30.0. The second-order valence-electron chi connectivity index (χ2n) is 6.63. The number of esters is 1. The maximum atomic E-state index is 13.0. The summed E-state index contributed by atoms with van der Waals surface area (Å²) in [6.45, 7) is 3.58. The molecule has 0 amide bonds. The minimum atomic E-state index is -1.11. The van der Waals surface area contributed by atoms with Crippen LogP contribution in [0.3, 0.4) is 0 Å². The molecule has 6 nitrogen and oxygen atoms in total. The van der Waals surface area contributed by atoms with Crippen LogP contribution in [0.4, 0.5) is 0 Å². The second-order valence-corrected chi connectivity index (χ2v) is 8.20. The van der Waals surface area contributed by atoms with Crippen LogP contribution in [0.15, 0.2) is 76.2 Å². The molecule has 1 aromatic carbocycles. The molecule has 0 fully saturated rings. The molecule has 1 unspecified atom stereocenters. The molecule has 2 aromatic rings. The summed E-state index contributed by atoms with van der Waals surface area (Å²) in [5.41, 5.74) is 1.89. The lowest BCUT2D eigenvalue weighted by atomic mass is 9.80. The number of carboxylic acids is 1. The van der Waals surface area contributed by atoms with Crippen molar-refractivity contribution in [2.45, 2.75) is 24.7 Å². The number of halogens is 1. The van der Waals surface area contributed by atoms with Crippen LogP contribution in [0.2, 0.25) is 5.02 Å². The Labute approximate surface area is 184 Å². The zero-order valence-corrected chi connectivity index (χ0v) is 18.1. The molecule has 0 saturated heterocycles. The van der Waals surface area contributed by atoms with Crippen LogP contribution < -0.4 is 5.32 Å². The van der Waals surface area contributed by atoms with E-state index >= 15 is 0 Å². The molecular formula is C22H21ClN2O4S. The summed E-state index contributed by atoms with van der Waals surface area (Å²) in [7, 11) is 0. The molecule has 0 aliphatic carbocycles. The number of pyridine rings is 1. The predicted molar refractivity (Wildman–Crippen MR) is 116 cm³/mol. The number of aromatic nitrogens is 1. The lowest BCUT2D eigenvalue weighted by Crippen LogP contribution is -2.32. The highest BCUT2D eigenvalue weighted by Gasteiger charge is 2.38. The summed E-state index contributed by atoms with van der Waals surface area (Å²) in [5, 5.41) is 13.2. The van der Waals surface area contributed by atoms with Gasteiger partial charge in [0.15, 0.2) is 0 Å². The van der Waals surface area contributed by atoms with Gasteiger partial charge in [-0.15, -0.1) is 11.8 Å². The molecule has 0 spiro atoms. The maximum absolute atomic E-state index is 13.0. The Morgan fingerprint density at radius 3 is 2.47 bits per heavy atom. The van der Waals surface area contributed by atoms with Crippen molar-refractivity contribution < 1.29 is 19.4 Å². The van der Waals surface area contributed by atoms with Gasteiger partial charge in [-0.05, 0) is 37.6 Å². The fraction of sp³-hybridized carbons (Fsp3) is 0.227. The van der Waals surface area contributed by atoms with Gasteiger partial charge < -0.3 is 15.2 Å². The number of thioether (sulfide) groups is 1. The SMILES string of the molecule is CC1=C(C(=O)O)C(c2ccccc2Cl)C(C(=O)OCCSc2ccncc2)=C(C)N1. The van der Waals surface area contributed by atoms with Gasteiger partial charge in [0, 0.05) is 39.5 Å². The van der Waals surface area contributed by atoms with Crippen molar-refractivity contribution in [3.05, 3.63) is 81.9 Å². The maximum Gasteiger partial charge on any atom is 0.336 e. The van der Waals surface area contributed by atoms with E-state index in [0.29, 0.717) is 27.7 Å². The highest BCUT2D eigenvalue weighted by molar-refractivity contribution is 7.99. The number of aliphatic carboxylic acids is 1. The molecule has 2 heterocycles. The van der Waals surface area contributed by atoms with E-state index in [1.54, 1.807) is 62.3 Å². The number of carboxylic acid groups (broad SMARTS) is 1. The number of carbonyl (C=O) groups excluding carboxylic acids is 1. The molecule has 0 radical (unpaired) electrons. The monoisotopic (exact) mass is 444 g/mol. The van der Waals surface area contributed by atoms with Crippen LogP contribution in [0.5, 0.6) is 0 Å². The number of allylic oxidation sites excluding steroid dienone is 2. The predicted octanol–water partition coefficient (Wildman–Crippen LogP) is 4.39. The number of benzene rings is 1. The van der Waals surface area contributed by atoms with Crippen molar-refractivity contribution in [3.63, 3.8) is 0 Å². The van der Waals surface area contributed by atoms with Gasteiger partial charge >= 0.3 is 11.9 Å².